The zero-order chi connectivity index (χ0) is 15.5. The molecule has 22 heavy (non-hydrogen) atoms. The minimum atomic E-state index is -0.345. The lowest BCUT2D eigenvalue weighted by atomic mass is 9.82. The number of carbonyl (C=O) groups excluding carboxylic acids is 1. The lowest BCUT2D eigenvalue weighted by Gasteiger charge is -2.31. The summed E-state index contributed by atoms with van der Waals surface area (Å²) in [4.78, 5) is 13.9. The van der Waals surface area contributed by atoms with Gasteiger partial charge in [0.25, 0.3) is 0 Å². The summed E-state index contributed by atoms with van der Waals surface area (Å²) < 4.78 is 0. The third-order valence-electron chi connectivity index (χ3n) is 5.34. The smallest absolute Gasteiger partial charge is 0.222 e. The van der Waals surface area contributed by atoms with E-state index in [0.29, 0.717) is 18.9 Å². The Labute approximate surface area is 133 Å². The highest BCUT2D eigenvalue weighted by molar-refractivity contribution is 5.76. The standard InChI is InChI=1S/C19H27NO2/c1-2-18(21)20-11-10-14-8-9-16(12-17(14)13-20)19(22)15-6-4-3-5-7-15/h8-9,12,15,19,22H,2-7,10-11,13H2,1H3. The van der Waals surface area contributed by atoms with Crippen LogP contribution in [0.3, 0.4) is 0 Å². The molecule has 3 heteroatoms. The molecular formula is C19H27NO2. The van der Waals surface area contributed by atoms with Gasteiger partial charge in [-0.05, 0) is 41.9 Å². The van der Waals surface area contributed by atoms with Crippen molar-refractivity contribution in [3.05, 3.63) is 34.9 Å². The van der Waals surface area contributed by atoms with Gasteiger partial charge < -0.3 is 10.0 Å². The van der Waals surface area contributed by atoms with Crippen LogP contribution in [0.2, 0.25) is 0 Å². The molecule has 0 radical (unpaired) electrons. The molecule has 1 unspecified atom stereocenters. The van der Waals surface area contributed by atoms with Crippen molar-refractivity contribution in [1.82, 2.24) is 4.90 Å². The average molecular weight is 301 g/mol. The molecule has 0 aromatic heterocycles. The molecule has 1 aromatic carbocycles. The fourth-order valence-corrected chi connectivity index (χ4v) is 3.92. The van der Waals surface area contributed by atoms with Crippen LogP contribution >= 0.6 is 0 Å². The first-order valence-electron chi connectivity index (χ1n) is 8.76. The molecule has 1 amide bonds. The summed E-state index contributed by atoms with van der Waals surface area (Å²) in [5.74, 6) is 0.632. The largest absolute Gasteiger partial charge is 0.388 e. The van der Waals surface area contributed by atoms with Crippen LogP contribution < -0.4 is 0 Å². The van der Waals surface area contributed by atoms with Crippen LogP contribution in [0, 0.1) is 5.92 Å². The predicted octanol–water partition coefficient (Wildman–Crippen LogP) is 3.60. The minimum Gasteiger partial charge on any atom is -0.388 e. The minimum absolute atomic E-state index is 0.226. The van der Waals surface area contributed by atoms with Crippen LogP contribution in [0.15, 0.2) is 18.2 Å². The van der Waals surface area contributed by atoms with E-state index in [1.54, 1.807) is 0 Å². The van der Waals surface area contributed by atoms with E-state index in [1.165, 1.54) is 30.4 Å². The van der Waals surface area contributed by atoms with Crippen LogP contribution in [0.1, 0.15) is 68.2 Å². The molecule has 1 atom stereocenters. The van der Waals surface area contributed by atoms with Crippen LogP contribution in [0.4, 0.5) is 0 Å². The van der Waals surface area contributed by atoms with Crippen molar-refractivity contribution in [2.45, 2.75) is 64.5 Å². The second-order valence-corrected chi connectivity index (χ2v) is 6.79. The number of hydrogen-bond acceptors (Lipinski definition) is 2. The number of amides is 1. The highest BCUT2D eigenvalue weighted by Crippen LogP contribution is 2.35. The summed E-state index contributed by atoms with van der Waals surface area (Å²) in [6.45, 7) is 3.44. The van der Waals surface area contributed by atoms with Gasteiger partial charge in [0.2, 0.25) is 5.91 Å². The van der Waals surface area contributed by atoms with E-state index in [1.807, 2.05) is 11.8 Å². The highest BCUT2D eigenvalue weighted by atomic mass is 16.3. The number of nitrogens with zero attached hydrogens (tertiary/aromatic N) is 1. The molecule has 1 aromatic rings. The molecule has 1 aliphatic heterocycles. The molecule has 1 heterocycles. The number of aliphatic hydroxyl groups excluding tert-OH is 1. The van der Waals surface area contributed by atoms with Gasteiger partial charge in [0, 0.05) is 19.5 Å². The van der Waals surface area contributed by atoms with Crippen LogP contribution in [0.5, 0.6) is 0 Å². The Morgan fingerprint density at radius 3 is 2.77 bits per heavy atom. The zero-order valence-electron chi connectivity index (χ0n) is 13.6. The summed E-state index contributed by atoms with van der Waals surface area (Å²) in [5, 5.41) is 10.7. The van der Waals surface area contributed by atoms with E-state index < -0.39 is 0 Å². The number of benzene rings is 1. The van der Waals surface area contributed by atoms with Gasteiger partial charge in [-0.3, -0.25) is 4.79 Å². The molecule has 3 nitrogen and oxygen atoms in total. The van der Waals surface area contributed by atoms with Crippen molar-refractivity contribution in [2.24, 2.45) is 5.92 Å². The first-order chi connectivity index (χ1) is 10.7. The van der Waals surface area contributed by atoms with Crippen molar-refractivity contribution in [3.8, 4) is 0 Å². The Hall–Kier alpha value is -1.35. The van der Waals surface area contributed by atoms with Gasteiger partial charge in [-0.1, -0.05) is 44.4 Å². The molecule has 2 aliphatic rings. The van der Waals surface area contributed by atoms with Gasteiger partial charge in [0.15, 0.2) is 0 Å². The molecule has 0 spiro atoms. The maximum atomic E-state index is 11.9. The topological polar surface area (TPSA) is 40.5 Å². The van der Waals surface area contributed by atoms with Gasteiger partial charge in [0.1, 0.15) is 0 Å². The van der Waals surface area contributed by atoms with Crippen molar-refractivity contribution < 1.29 is 9.90 Å². The summed E-state index contributed by atoms with van der Waals surface area (Å²) in [6, 6.07) is 6.39. The second kappa shape index (κ2) is 6.82. The monoisotopic (exact) mass is 301 g/mol. The Morgan fingerprint density at radius 1 is 1.27 bits per heavy atom. The molecule has 1 aliphatic carbocycles. The fraction of sp³-hybridized carbons (Fsp3) is 0.632. The fourth-order valence-electron chi connectivity index (χ4n) is 3.92. The number of rotatable bonds is 3. The first-order valence-corrected chi connectivity index (χ1v) is 8.76. The Balaban J connectivity index is 1.76. The molecular weight excluding hydrogens is 274 g/mol. The van der Waals surface area contributed by atoms with E-state index >= 15 is 0 Å². The summed E-state index contributed by atoms with van der Waals surface area (Å²) in [6.07, 6.45) is 7.22. The summed E-state index contributed by atoms with van der Waals surface area (Å²) in [5.41, 5.74) is 3.59. The third-order valence-corrected chi connectivity index (χ3v) is 5.34. The quantitative estimate of drug-likeness (QED) is 0.926. The Morgan fingerprint density at radius 2 is 2.05 bits per heavy atom. The molecule has 1 N–H and O–H groups in total. The SMILES string of the molecule is CCC(=O)N1CCc2ccc(C(O)C3CCCCC3)cc2C1. The van der Waals surface area contributed by atoms with E-state index in [0.717, 1.165) is 31.4 Å². The summed E-state index contributed by atoms with van der Waals surface area (Å²) in [7, 11) is 0. The second-order valence-electron chi connectivity index (χ2n) is 6.79. The van der Waals surface area contributed by atoms with Gasteiger partial charge in [-0.25, -0.2) is 0 Å². The lowest BCUT2D eigenvalue weighted by Crippen LogP contribution is -2.35. The van der Waals surface area contributed by atoms with Crippen molar-refractivity contribution in [2.75, 3.05) is 6.54 Å². The van der Waals surface area contributed by atoms with Gasteiger partial charge >= 0.3 is 0 Å². The van der Waals surface area contributed by atoms with Gasteiger partial charge in [0.05, 0.1) is 6.10 Å². The van der Waals surface area contributed by atoms with Crippen molar-refractivity contribution in [3.63, 3.8) is 0 Å². The maximum Gasteiger partial charge on any atom is 0.222 e. The van der Waals surface area contributed by atoms with E-state index in [4.69, 9.17) is 0 Å². The predicted molar refractivity (Wildman–Crippen MR) is 87.4 cm³/mol. The van der Waals surface area contributed by atoms with E-state index in [2.05, 4.69) is 18.2 Å². The molecule has 3 rings (SSSR count). The van der Waals surface area contributed by atoms with Crippen LogP contribution in [-0.2, 0) is 17.8 Å². The molecule has 1 saturated carbocycles. The maximum absolute atomic E-state index is 11.9. The van der Waals surface area contributed by atoms with Gasteiger partial charge in [-0.2, -0.15) is 0 Å². The summed E-state index contributed by atoms with van der Waals surface area (Å²) >= 11 is 0. The zero-order valence-corrected chi connectivity index (χ0v) is 13.6. The third kappa shape index (κ3) is 3.19. The normalized spacial score (nSPS) is 20.5. The first kappa shape index (κ1) is 15.5. The number of aliphatic hydroxyl groups is 1. The van der Waals surface area contributed by atoms with E-state index in [9.17, 15) is 9.90 Å². The molecule has 120 valence electrons. The molecule has 0 bridgehead atoms. The van der Waals surface area contributed by atoms with Crippen LogP contribution in [0.25, 0.3) is 0 Å². The van der Waals surface area contributed by atoms with Crippen molar-refractivity contribution in [1.29, 1.82) is 0 Å². The van der Waals surface area contributed by atoms with Crippen molar-refractivity contribution >= 4 is 5.91 Å². The molecule has 0 saturated heterocycles. The number of hydrogen-bond donors (Lipinski definition) is 1. The van der Waals surface area contributed by atoms with Crippen LogP contribution in [-0.4, -0.2) is 22.5 Å². The Kier molecular flexibility index (Phi) is 4.82. The highest BCUT2D eigenvalue weighted by Gasteiger charge is 2.25. The van der Waals surface area contributed by atoms with E-state index in [-0.39, 0.29) is 12.0 Å². The average Bonchev–Trinajstić information content (AvgIpc) is 2.60. The Bertz CT molecular complexity index is 534. The number of fused-ring (bicyclic) bond motifs is 1. The van der Waals surface area contributed by atoms with Gasteiger partial charge in [-0.15, -0.1) is 0 Å². The molecule has 1 fully saturated rings. The number of carbonyl (C=O) groups is 1. The lowest BCUT2D eigenvalue weighted by molar-refractivity contribution is -0.131.